The van der Waals surface area contributed by atoms with Gasteiger partial charge in [0.25, 0.3) is 0 Å². The molecule has 1 aliphatic heterocycles. The zero-order valence-electron chi connectivity index (χ0n) is 22.7. The maximum absolute atomic E-state index is 12.5. The molecule has 2 aliphatic carbocycles. The number of nitrogens with zero attached hydrogens (tertiary/aromatic N) is 1. The number of allylic oxidation sites excluding steroid dienone is 7. The Labute approximate surface area is 230 Å². The average Bonchev–Trinajstić information content (AvgIpc) is 3.17. The van der Waals surface area contributed by atoms with E-state index in [1.54, 1.807) is 13.1 Å². The number of ether oxygens (including phenoxy) is 2. The second-order valence-electron chi connectivity index (χ2n) is 10.4. The minimum atomic E-state index is -0.909. The van der Waals surface area contributed by atoms with Crippen molar-refractivity contribution < 1.29 is 24.2 Å². The molecule has 4 rings (SSSR count). The summed E-state index contributed by atoms with van der Waals surface area (Å²) in [4.78, 5) is 27.9. The number of pyridine rings is 1. The summed E-state index contributed by atoms with van der Waals surface area (Å²) in [5.74, 6) is 0.0848. The fraction of sp³-hybridized carbons (Fsp3) is 0.406. The zero-order chi connectivity index (χ0) is 27.6. The van der Waals surface area contributed by atoms with Gasteiger partial charge in [0.05, 0.1) is 30.8 Å². The first-order valence-electron chi connectivity index (χ1n) is 13.7. The molecule has 1 aromatic heterocycles. The lowest BCUT2D eigenvalue weighted by atomic mass is 9.93. The number of aromatic nitrogens is 1. The van der Waals surface area contributed by atoms with E-state index in [2.05, 4.69) is 65.8 Å². The quantitative estimate of drug-likeness (QED) is 0.351. The number of anilines is 1. The summed E-state index contributed by atoms with van der Waals surface area (Å²) in [6.45, 7) is 5.01. The zero-order valence-corrected chi connectivity index (χ0v) is 22.7. The van der Waals surface area contributed by atoms with Crippen LogP contribution in [0.4, 0.5) is 5.82 Å². The van der Waals surface area contributed by atoms with Crippen LogP contribution in [0.2, 0.25) is 0 Å². The molecule has 3 aliphatic rings. The molecule has 0 aromatic carbocycles. The number of carboxylic acid groups (broad SMARTS) is 1. The largest absolute Gasteiger partial charge is 0.492 e. The molecule has 39 heavy (non-hydrogen) atoms. The summed E-state index contributed by atoms with van der Waals surface area (Å²) < 4.78 is 12.2. The van der Waals surface area contributed by atoms with Gasteiger partial charge in [-0.1, -0.05) is 62.5 Å². The van der Waals surface area contributed by atoms with Crippen molar-refractivity contribution in [2.45, 2.75) is 52.1 Å². The van der Waals surface area contributed by atoms with E-state index in [0.29, 0.717) is 42.2 Å². The Hall–Kier alpha value is -3.71. The van der Waals surface area contributed by atoms with Crippen LogP contribution < -0.4 is 5.32 Å². The fourth-order valence-electron chi connectivity index (χ4n) is 4.67. The number of carbonyl (C=O) groups is 2. The third-order valence-corrected chi connectivity index (χ3v) is 7.18. The topological polar surface area (TPSA) is 97.8 Å². The van der Waals surface area contributed by atoms with Crippen molar-refractivity contribution in [1.82, 2.24) is 4.98 Å². The maximum Gasteiger partial charge on any atom is 0.306 e. The Morgan fingerprint density at radius 3 is 2.82 bits per heavy atom. The Morgan fingerprint density at radius 1 is 1.21 bits per heavy atom. The van der Waals surface area contributed by atoms with Gasteiger partial charge in [-0.25, -0.2) is 4.98 Å². The molecule has 0 saturated carbocycles. The molecule has 0 bridgehead atoms. The molecule has 1 amide bonds. The molecule has 0 radical (unpaired) electrons. The predicted molar refractivity (Wildman–Crippen MR) is 153 cm³/mol. The van der Waals surface area contributed by atoms with Crippen molar-refractivity contribution in [2.24, 2.45) is 17.8 Å². The number of carboxylic acids is 1. The highest BCUT2D eigenvalue weighted by Crippen LogP contribution is 2.30. The van der Waals surface area contributed by atoms with E-state index in [9.17, 15) is 9.59 Å². The lowest BCUT2D eigenvalue weighted by Gasteiger charge is -2.24. The first kappa shape index (κ1) is 28.3. The number of carbonyl (C=O) groups excluding carboxylic acids is 1. The van der Waals surface area contributed by atoms with Crippen LogP contribution in [-0.4, -0.2) is 41.3 Å². The van der Waals surface area contributed by atoms with Gasteiger partial charge in [-0.15, -0.1) is 0 Å². The third-order valence-electron chi connectivity index (χ3n) is 7.18. The Morgan fingerprint density at radius 2 is 2.05 bits per heavy atom. The molecule has 0 saturated heterocycles. The van der Waals surface area contributed by atoms with E-state index in [1.807, 2.05) is 18.2 Å². The Kier molecular flexibility index (Phi) is 10.1. The molecule has 4 atom stereocenters. The minimum absolute atomic E-state index is 0.106. The normalized spacial score (nSPS) is 23.1. The standard InChI is InChI=1S/C32H38N2O5/c1-22-7-3-4-10-28(22)39-21-25-14-12-24(13-15-25)19-26-8-6-18-38-29(20-26)27-9-5-17-33-31(27)34-30(35)16-11-23(2)32(36)37/h3-5,7-10,12-14,17,20,22-23,25,28H,6,11,15-16,18-19,21H2,1-2H3,(H,36,37)(H,33,34,35)/t22?,23?,25-,28?/m1/s1. The van der Waals surface area contributed by atoms with Gasteiger partial charge in [-0.05, 0) is 48.6 Å². The molecule has 1 aromatic rings. The third kappa shape index (κ3) is 8.39. The van der Waals surface area contributed by atoms with Crippen LogP contribution in [0.25, 0.3) is 5.76 Å². The number of rotatable bonds is 11. The smallest absolute Gasteiger partial charge is 0.306 e. The van der Waals surface area contributed by atoms with Crippen molar-refractivity contribution in [3.8, 4) is 0 Å². The summed E-state index contributed by atoms with van der Waals surface area (Å²) in [5, 5.41) is 11.9. The Bertz CT molecular complexity index is 1220. The van der Waals surface area contributed by atoms with Crippen LogP contribution in [0.15, 0.2) is 84.2 Å². The molecule has 206 valence electrons. The summed E-state index contributed by atoms with van der Waals surface area (Å²) >= 11 is 0. The maximum atomic E-state index is 12.5. The van der Waals surface area contributed by atoms with Gasteiger partial charge in [0.2, 0.25) is 5.91 Å². The van der Waals surface area contributed by atoms with Crippen LogP contribution >= 0.6 is 0 Å². The highest BCUT2D eigenvalue weighted by Gasteiger charge is 2.19. The van der Waals surface area contributed by atoms with Gasteiger partial charge in [0.1, 0.15) is 11.6 Å². The van der Waals surface area contributed by atoms with E-state index in [1.165, 1.54) is 5.57 Å². The molecule has 7 nitrogen and oxygen atoms in total. The highest BCUT2D eigenvalue weighted by molar-refractivity contribution is 5.92. The summed E-state index contributed by atoms with van der Waals surface area (Å²) in [7, 11) is 0. The van der Waals surface area contributed by atoms with Gasteiger partial charge >= 0.3 is 5.97 Å². The minimum Gasteiger partial charge on any atom is -0.492 e. The van der Waals surface area contributed by atoms with Crippen LogP contribution in [-0.2, 0) is 19.1 Å². The molecular formula is C32H38N2O5. The number of hydrogen-bond acceptors (Lipinski definition) is 5. The molecule has 2 heterocycles. The van der Waals surface area contributed by atoms with Crippen molar-refractivity contribution in [3.05, 3.63) is 89.7 Å². The van der Waals surface area contributed by atoms with Crippen molar-refractivity contribution in [1.29, 1.82) is 0 Å². The predicted octanol–water partition coefficient (Wildman–Crippen LogP) is 6.25. The van der Waals surface area contributed by atoms with Gasteiger partial charge in [-0.3, -0.25) is 9.59 Å². The molecule has 0 spiro atoms. The van der Waals surface area contributed by atoms with E-state index in [4.69, 9.17) is 14.6 Å². The van der Waals surface area contributed by atoms with E-state index in [-0.39, 0.29) is 24.9 Å². The van der Waals surface area contributed by atoms with Crippen molar-refractivity contribution in [2.75, 3.05) is 18.5 Å². The molecule has 0 fully saturated rings. The van der Waals surface area contributed by atoms with E-state index < -0.39 is 11.9 Å². The van der Waals surface area contributed by atoms with Crippen LogP contribution in [0.1, 0.15) is 51.5 Å². The van der Waals surface area contributed by atoms with E-state index >= 15 is 0 Å². The second-order valence-corrected chi connectivity index (χ2v) is 10.4. The molecule has 2 N–H and O–H groups in total. The van der Waals surface area contributed by atoms with Crippen molar-refractivity contribution in [3.63, 3.8) is 0 Å². The lowest BCUT2D eigenvalue weighted by molar-refractivity contribution is -0.141. The number of hydrogen-bond donors (Lipinski definition) is 2. The monoisotopic (exact) mass is 530 g/mol. The van der Waals surface area contributed by atoms with Crippen LogP contribution in [0.3, 0.4) is 0 Å². The number of aliphatic carboxylic acids is 1. The Balaban J connectivity index is 1.35. The second kappa shape index (κ2) is 13.9. The molecule has 3 unspecified atom stereocenters. The van der Waals surface area contributed by atoms with Crippen LogP contribution in [0, 0.1) is 17.8 Å². The first-order valence-corrected chi connectivity index (χ1v) is 13.7. The lowest BCUT2D eigenvalue weighted by Crippen LogP contribution is -2.23. The van der Waals surface area contributed by atoms with Gasteiger partial charge in [0, 0.05) is 30.9 Å². The SMILES string of the molecule is CC(CCC(=O)Nc1ncccc1C1=CC(CC2=CC[C@H](COC3C=CC=CC3C)C=C2)=CCCO1)C(=O)O. The first-order chi connectivity index (χ1) is 18.9. The summed E-state index contributed by atoms with van der Waals surface area (Å²) in [5.41, 5.74) is 3.12. The summed E-state index contributed by atoms with van der Waals surface area (Å²) in [6, 6.07) is 3.69. The van der Waals surface area contributed by atoms with Gasteiger partial charge < -0.3 is 19.9 Å². The molecule has 7 heteroatoms. The highest BCUT2D eigenvalue weighted by atomic mass is 16.5. The fourth-order valence-corrected chi connectivity index (χ4v) is 4.67. The van der Waals surface area contributed by atoms with Gasteiger partial charge in [0.15, 0.2) is 0 Å². The van der Waals surface area contributed by atoms with Crippen molar-refractivity contribution >= 4 is 23.5 Å². The number of nitrogens with one attached hydrogen (secondary N) is 1. The average molecular weight is 531 g/mol. The van der Waals surface area contributed by atoms with E-state index in [0.717, 1.165) is 24.8 Å². The summed E-state index contributed by atoms with van der Waals surface area (Å²) in [6.07, 6.45) is 24.1. The van der Waals surface area contributed by atoms with Gasteiger partial charge in [-0.2, -0.15) is 0 Å². The number of amides is 1. The van der Waals surface area contributed by atoms with Crippen LogP contribution in [0.5, 0.6) is 0 Å². The molecular weight excluding hydrogens is 492 g/mol.